The summed E-state index contributed by atoms with van der Waals surface area (Å²) in [5.41, 5.74) is -0.891. The van der Waals surface area contributed by atoms with E-state index in [1.807, 2.05) is 13.8 Å². The largest absolute Gasteiger partial charge is 0.468 e. The molecule has 1 atom stereocenters. The first kappa shape index (κ1) is 18.2. The summed E-state index contributed by atoms with van der Waals surface area (Å²) >= 11 is 0. The molecule has 0 aliphatic carbocycles. The van der Waals surface area contributed by atoms with Gasteiger partial charge in [-0.25, -0.2) is 4.98 Å². The van der Waals surface area contributed by atoms with Crippen LogP contribution in [0.4, 0.5) is 13.2 Å². The van der Waals surface area contributed by atoms with E-state index in [0.29, 0.717) is 0 Å². The highest BCUT2D eigenvalue weighted by atomic mass is 19.4. The predicted molar refractivity (Wildman–Crippen MR) is 73.6 cm³/mol. The Kier molecular flexibility index (Phi) is 5.76. The molecule has 1 heterocycles. The highest BCUT2D eigenvalue weighted by Gasteiger charge is 2.29. The third kappa shape index (κ3) is 5.88. The van der Waals surface area contributed by atoms with Crippen LogP contribution in [0.15, 0.2) is 18.3 Å². The van der Waals surface area contributed by atoms with Crippen molar-refractivity contribution < 1.29 is 27.8 Å². The van der Waals surface area contributed by atoms with Crippen molar-refractivity contribution in [1.29, 1.82) is 0 Å². The normalized spacial score (nSPS) is 14.5. The average Bonchev–Trinajstić information content (AvgIpc) is 2.42. The van der Waals surface area contributed by atoms with E-state index in [2.05, 4.69) is 15.0 Å². The number of ether oxygens (including phenoxy) is 1. The molecule has 1 aromatic heterocycles. The number of aliphatic hydroxyl groups is 1. The van der Waals surface area contributed by atoms with Gasteiger partial charge in [-0.1, -0.05) is 13.8 Å². The van der Waals surface area contributed by atoms with Crippen LogP contribution in [0.5, 0.6) is 5.88 Å². The lowest BCUT2D eigenvalue weighted by Gasteiger charge is -2.27. The van der Waals surface area contributed by atoms with E-state index in [9.17, 15) is 23.1 Å². The van der Waals surface area contributed by atoms with Gasteiger partial charge in [-0.15, -0.1) is 0 Å². The lowest BCUT2D eigenvalue weighted by Crippen LogP contribution is -2.44. The Bertz CT molecular complexity index is 499. The summed E-state index contributed by atoms with van der Waals surface area (Å²) in [7, 11) is 0. The van der Waals surface area contributed by atoms with Gasteiger partial charge in [-0.3, -0.25) is 4.79 Å². The van der Waals surface area contributed by atoms with Crippen LogP contribution in [0.2, 0.25) is 0 Å². The fourth-order valence-corrected chi connectivity index (χ4v) is 1.32. The number of hydrogen-bond acceptors (Lipinski definition) is 4. The quantitative estimate of drug-likeness (QED) is 0.842. The lowest BCUT2D eigenvalue weighted by atomic mass is 9.92. The van der Waals surface area contributed by atoms with Crippen molar-refractivity contribution in [1.82, 2.24) is 10.3 Å². The molecule has 0 fully saturated rings. The van der Waals surface area contributed by atoms with Crippen molar-refractivity contribution in [3.05, 3.63) is 23.9 Å². The Hall–Kier alpha value is -1.83. The van der Waals surface area contributed by atoms with E-state index < -0.39 is 24.3 Å². The molecule has 1 rings (SSSR count). The summed E-state index contributed by atoms with van der Waals surface area (Å²) in [6.07, 6.45) is -3.33. The van der Waals surface area contributed by atoms with Crippen molar-refractivity contribution in [2.45, 2.75) is 32.5 Å². The van der Waals surface area contributed by atoms with Crippen LogP contribution in [0.25, 0.3) is 0 Å². The van der Waals surface area contributed by atoms with Gasteiger partial charge in [0.1, 0.15) is 0 Å². The summed E-state index contributed by atoms with van der Waals surface area (Å²) in [5.74, 6) is -0.747. The summed E-state index contributed by atoms with van der Waals surface area (Å²) in [4.78, 5) is 15.5. The van der Waals surface area contributed by atoms with Gasteiger partial charge in [0, 0.05) is 18.8 Å². The maximum Gasteiger partial charge on any atom is 0.422 e. The van der Waals surface area contributed by atoms with Gasteiger partial charge in [0.2, 0.25) is 5.88 Å². The second-order valence-electron chi connectivity index (χ2n) is 5.48. The smallest absolute Gasteiger partial charge is 0.422 e. The molecule has 8 heteroatoms. The zero-order chi connectivity index (χ0) is 17.0. The Morgan fingerprint density at radius 2 is 2.05 bits per heavy atom. The monoisotopic (exact) mass is 320 g/mol. The molecule has 0 bridgehead atoms. The van der Waals surface area contributed by atoms with Crippen LogP contribution in [-0.2, 0) is 0 Å². The molecule has 1 unspecified atom stereocenters. The number of pyridine rings is 1. The standard InChI is InChI=1S/C14H19F3N2O3/c1-9(2)13(3,21)7-19-12(20)10-4-5-11(18-6-10)22-8-14(15,16)17/h4-6,9,21H,7-8H2,1-3H3,(H,19,20). The molecule has 0 radical (unpaired) electrons. The number of rotatable bonds is 6. The van der Waals surface area contributed by atoms with Gasteiger partial charge < -0.3 is 15.2 Å². The van der Waals surface area contributed by atoms with Gasteiger partial charge >= 0.3 is 6.18 Å². The van der Waals surface area contributed by atoms with Crippen LogP contribution in [0.3, 0.4) is 0 Å². The zero-order valence-corrected chi connectivity index (χ0v) is 12.6. The number of halogens is 3. The molecule has 22 heavy (non-hydrogen) atoms. The van der Waals surface area contributed by atoms with Gasteiger partial charge in [0.05, 0.1) is 11.2 Å². The van der Waals surface area contributed by atoms with Crippen molar-refractivity contribution in [3.63, 3.8) is 0 Å². The summed E-state index contributed by atoms with van der Waals surface area (Å²) in [5, 5.41) is 12.6. The number of carbonyl (C=O) groups excluding carboxylic acids is 1. The van der Waals surface area contributed by atoms with E-state index in [1.165, 1.54) is 12.1 Å². The molecule has 0 aliphatic heterocycles. The molecule has 1 amide bonds. The number of nitrogens with one attached hydrogen (secondary N) is 1. The number of amides is 1. The van der Waals surface area contributed by atoms with Crippen molar-refractivity contribution in [2.75, 3.05) is 13.2 Å². The minimum absolute atomic E-state index is 0.0514. The fraction of sp³-hybridized carbons (Fsp3) is 0.571. The number of alkyl halides is 3. The summed E-state index contributed by atoms with van der Waals surface area (Å²) < 4.78 is 40.4. The predicted octanol–water partition coefficient (Wildman–Crippen LogP) is 2.16. The Morgan fingerprint density at radius 1 is 1.41 bits per heavy atom. The Labute approximate surface area is 126 Å². The van der Waals surface area contributed by atoms with Crippen molar-refractivity contribution >= 4 is 5.91 Å². The SMILES string of the molecule is CC(C)C(C)(O)CNC(=O)c1ccc(OCC(F)(F)F)nc1. The minimum Gasteiger partial charge on any atom is -0.468 e. The third-order valence-corrected chi connectivity index (χ3v) is 3.23. The van der Waals surface area contributed by atoms with Gasteiger partial charge in [0.15, 0.2) is 6.61 Å². The fourth-order valence-electron chi connectivity index (χ4n) is 1.32. The Morgan fingerprint density at radius 3 is 2.50 bits per heavy atom. The van der Waals surface area contributed by atoms with Gasteiger partial charge in [0.25, 0.3) is 5.91 Å². The van der Waals surface area contributed by atoms with E-state index in [-0.39, 0.29) is 23.9 Å². The molecule has 0 aliphatic rings. The number of nitrogens with zero attached hydrogens (tertiary/aromatic N) is 1. The maximum atomic E-state index is 12.0. The lowest BCUT2D eigenvalue weighted by molar-refractivity contribution is -0.154. The van der Waals surface area contributed by atoms with Gasteiger partial charge in [-0.05, 0) is 18.9 Å². The second-order valence-corrected chi connectivity index (χ2v) is 5.48. The molecule has 0 saturated carbocycles. The van der Waals surface area contributed by atoms with Crippen LogP contribution < -0.4 is 10.1 Å². The van der Waals surface area contributed by atoms with Gasteiger partial charge in [-0.2, -0.15) is 13.2 Å². The van der Waals surface area contributed by atoms with Crippen molar-refractivity contribution in [2.24, 2.45) is 5.92 Å². The highest BCUT2D eigenvalue weighted by Crippen LogP contribution is 2.17. The van der Waals surface area contributed by atoms with E-state index in [0.717, 1.165) is 6.20 Å². The molecule has 5 nitrogen and oxygen atoms in total. The molecule has 2 N–H and O–H groups in total. The molecule has 0 spiro atoms. The van der Waals surface area contributed by atoms with Crippen LogP contribution >= 0.6 is 0 Å². The van der Waals surface area contributed by atoms with Crippen molar-refractivity contribution in [3.8, 4) is 5.88 Å². The highest BCUT2D eigenvalue weighted by molar-refractivity contribution is 5.93. The first-order valence-electron chi connectivity index (χ1n) is 6.67. The Balaban J connectivity index is 2.57. The van der Waals surface area contributed by atoms with E-state index >= 15 is 0 Å². The van der Waals surface area contributed by atoms with Crippen LogP contribution in [0.1, 0.15) is 31.1 Å². The first-order valence-corrected chi connectivity index (χ1v) is 6.67. The van der Waals surface area contributed by atoms with Crippen LogP contribution in [0, 0.1) is 5.92 Å². The molecule has 0 aromatic carbocycles. The molecule has 0 saturated heterocycles. The molecular formula is C14H19F3N2O3. The molecule has 124 valence electrons. The number of carbonyl (C=O) groups is 1. The molecular weight excluding hydrogens is 301 g/mol. The summed E-state index contributed by atoms with van der Waals surface area (Å²) in [6.45, 7) is 3.85. The first-order chi connectivity index (χ1) is 10.0. The summed E-state index contributed by atoms with van der Waals surface area (Å²) in [6, 6.07) is 2.49. The molecule has 1 aromatic rings. The van der Waals surface area contributed by atoms with E-state index in [1.54, 1.807) is 6.92 Å². The van der Waals surface area contributed by atoms with E-state index in [4.69, 9.17) is 0 Å². The topological polar surface area (TPSA) is 71.5 Å². The third-order valence-electron chi connectivity index (χ3n) is 3.23. The minimum atomic E-state index is -4.44. The second kappa shape index (κ2) is 6.95. The zero-order valence-electron chi connectivity index (χ0n) is 12.6. The average molecular weight is 320 g/mol. The number of aromatic nitrogens is 1. The van der Waals surface area contributed by atoms with Crippen LogP contribution in [-0.4, -0.2) is 40.9 Å². The number of hydrogen-bond donors (Lipinski definition) is 2. The maximum absolute atomic E-state index is 12.0.